The van der Waals surface area contributed by atoms with E-state index in [1.165, 1.54) is 0 Å². The first-order valence-corrected chi connectivity index (χ1v) is 6.86. The molecule has 0 amide bonds. The first-order chi connectivity index (χ1) is 10.3. The van der Waals surface area contributed by atoms with Gasteiger partial charge in [0.2, 0.25) is 0 Å². The summed E-state index contributed by atoms with van der Waals surface area (Å²) in [6.45, 7) is 0. The third-order valence-corrected chi connectivity index (χ3v) is 3.62. The Morgan fingerprint density at radius 1 is 0.714 bits per heavy atom. The molecule has 0 radical (unpaired) electrons. The van der Waals surface area contributed by atoms with Gasteiger partial charge in [0.1, 0.15) is 5.60 Å². The van der Waals surface area contributed by atoms with Crippen molar-refractivity contribution in [1.82, 2.24) is 9.97 Å². The summed E-state index contributed by atoms with van der Waals surface area (Å²) < 4.78 is 0. The average Bonchev–Trinajstić information content (AvgIpc) is 2.57. The number of aromatic nitrogens is 2. The Labute approximate surface area is 124 Å². The van der Waals surface area contributed by atoms with Crippen molar-refractivity contribution in [3.63, 3.8) is 0 Å². The van der Waals surface area contributed by atoms with Gasteiger partial charge in [-0.05, 0) is 41.0 Å². The summed E-state index contributed by atoms with van der Waals surface area (Å²) in [5.74, 6) is 0. The number of pyridine rings is 2. The molecule has 1 atom stereocenters. The average molecular weight is 276 g/mol. The molecule has 0 aliphatic carbocycles. The molecule has 0 aliphatic heterocycles. The van der Waals surface area contributed by atoms with Gasteiger partial charge in [0, 0.05) is 31.2 Å². The lowest BCUT2D eigenvalue weighted by molar-refractivity contribution is 0.0810. The largest absolute Gasteiger partial charge is 0.380 e. The van der Waals surface area contributed by atoms with E-state index in [0.29, 0.717) is 6.42 Å². The van der Waals surface area contributed by atoms with Gasteiger partial charge in [-0.3, -0.25) is 9.97 Å². The predicted octanol–water partition coefficient (Wildman–Crippen LogP) is 2.96. The Kier molecular flexibility index (Phi) is 3.75. The smallest absolute Gasteiger partial charge is 0.119 e. The lowest BCUT2D eigenvalue weighted by Gasteiger charge is -2.29. The van der Waals surface area contributed by atoms with Gasteiger partial charge in [-0.2, -0.15) is 0 Å². The van der Waals surface area contributed by atoms with E-state index in [1.54, 1.807) is 24.8 Å². The second kappa shape index (κ2) is 5.85. The molecule has 2 aromatic heterocycles. The molecule has 0 unspecified atom stereocenters. The van der Waals surface area contributed by atoms with Crippen LogP contribution in [0.1, 0.15) is 16.7 Å². The Morgan fingerprint density at radius 2 is 1.24 bits per heavy atom. The second-order valence-electron chi connectivity index (χ2n) is 4.99. The lowest BCUT2D eigenvalue weighted by atomic mass is 9.82. The van der Waals surface area contributed by atoms with E-state index in [9.17, 15) is 5.11 Å². The molecular weight excluding hydrogens is 260 g/mol. The number of hydrogen-bond donors (Lipinski definition) is 1. The molecule has 0 fully saturated rings. The molecule has 21 heavy (non-hydrogen) atoms. The molecular formula is C18H16N2O. The topological polar surface area (TPSA) is 46.0 Å². The Balaban J connectivity index is 2.07. The minimum atomic E-state index is -1.08. The molecule has 0 spiro atoms. The van der Waals surface area contributed by atoms with Gasteiger partial charge in [-0.25, -0.2) is 0 Å². The van der Waals surface area contributed by atoms with Crippen LogP contribution in [-0.2, 0) is 12.0 Å². The van der Waals surface area contributed by atoms with Crippen molar-refractivity contribution in [2.45, 2.75) is 12.0 Å². The van der Waals surface area contributed by atoms with Crippen LogP contribution in [0.15, 0.2) is 79.4 Å². The second-order valence-corrected chi connectivity index (χ2v) is 4.99. The SMILES string of the molecule is O[C@](Cc1ccncc1)(c1ccccc1)c1ccncc1. The Hall–Kier alpha value is -2.52. The van der Waals surface area contributed by atoms with Gasteiger partial charge < -0.3 is 5.11 Å². The summed E-state index contributed by atoms with van der Waals surface area (Å²) in [5, 5.41) is 11.4. The highest BCUT2D eigenvalue weighted by atomic mass is 16.3. The summed E-state index contributed by atoms with van der Waals surface area (Å²) in [6.07, 6.45) is 7.38. The fraction of sp³-hybridized carbons (Fsp3) is 0.111. The Bertz CT molecular complexity index is 645. The van der Waals surface area contributed by atoms with E-state index in [0.717, 1.165) is 16.7 Å². The van der Waals surface area contributed by atoms with Crippen molar-refractivity contribution in [1.29, 1.82) is 0 Å². The van der Waals surface area contributed by atoms with Crippen molar-refractivity contribution in [2.24, 2.45) is 0 Å². The highest BCUT2D eigenvalue weighted by Gasteiger charge is 2.31. The lowest BCUT2D eigenvalue weighted by Crippen LogP contribution is -2.30. The molecule has 0 aliphatic rings. The van der Waals surface area contributed by atoms with E-state index in [2.05, 4.69) is 9.97 Å². The van der Waals surface area contributed by atoms with Crippen molar-refractivity contribution >= 4 is 0 Å². The highest BCUT2D eigenvalue weighted by Crippen LogP contribution is 2.32. The number of aliphatic hydroxyl groups is 1. The highest BCUT2D eigenvalue weighted by molar-refractivity contribution is 5.37. The van der Waals surface area contributed by atoms with Crippen molar-refractivity contribution < 1.29 is 5.11 Å². The predicted molar refractivity (Wildman–Crippen MR) is 81.6 cm³/mol. The van der Waals surface area contributed by atoms with Gasteiger partial charge in [0.25, 0.3) is 0 Å². The third-order valence-electron chi connectivity index (χ3n) is 3.62. The van der Waals surface area contributed by atoms with Gasteiger partial charge in [-0.1, -0.05) is 30.3 Å². The van der Waals surface area contributed by atoms with E-state index in [1.807, 2.05) is 54.6 Å². The normalized spacial score (nSPS) is 13.6. The number of hydrogen-bond acceptors (Lipinski definition) is 3. The molecule has 0 saturated heterocycles. The third kappa shape index (κ3) is 2.83. The van der Waals surface area contributed by atoms with Gasteiger partial charge >= 0.3 is 0 Å². The van der Waals surface area contributed by atoms with Crippen molar-refractivity contribution in [3.05, 3.63) is 96.1 Å². The molecule has 2 heterocycles. The van der Waals surface area contributed by atoms with E-state index in [-0.39, 0.29) is 0 Å². The minimum absolute atomic E-state index is 0.490. The van der Waals surface area contributed by atoms with Crippen LogP contribution < -0.4 is 0 Å². The van der Waals surface area contributed by atoms with Crippen LogP contribution in [0.5, 0.6) is 0 Å². The van der Waals surface area contributed by atoms with Crippen LogP contribution in [0.25, 0.3) is 0 Å². The summed E-state index contributed by atoms with van der Waals surface area (Å²) in [7, 11) is 0. The molecule has 1 aromatic carbocycles. The maximum absolute atomic E-state index is 11.4. The molecule has 3 heteroatoms. The quantitative estimate of drug-likeness (QED) is 0.797. The summed E-state index contributed by atoms with van der Waals surface area (Å²) in [5.41, 5.74) is 1.66. The molecule has 0 saturated carbocycles. The van der Waals surface area contributed by atoms with E-state index < -0.39 is 5.60 Å². The zero-order valence-electron chi connectivity index (χ0n) is 11.6. The number of nitrogens with zero attached hydrogens (tertiary/aromatic N) is 2. The molecule has 104 valence electrons. The van der Waals surface area contributed by atoms with Crippen molar-refractivity contribution in [3.8, 4) is 0 Å². The molecule has 3 rings (SSSR count). The van der Waals surface area contributed by atoms with E-state index >= 15 is 0 Å². The van der Waals surface area contributed by atoms with Crippen LogP contribution in [0, 0.1) is 0 Å². The fourth-order valence-corrected chi connectivity index (χ4v) is 2.51. The number of benzene rings is 1. The first-order valence-electron chi connectivity index (χ1n) is 6.86. The van der Waals surface area contributed by atoms with Gasteiger partial charge in [0.05, 0.1) is 0 Å². The zero-order chi connectivity index (χ0) is 14.5. The van der Waals surface area contributed by atoms with Crippen LogP contribution in [0.2, 0.25) is 0 Å². The van der Waals surface area contributed by atoms with Crippen LogP contribution >= 0.6 is 0 Å². The number of rotatable bonds is 4. The first kappa shape index (κ1) is 13.5. The van der Waals surface area contributed by atoms with E-state index in [4.69, 9.17) is 0 Å². The summed E-state index contributed by atoms with van der Waals surface area (Å²) >= 11 is 0. The molecule has 0 bridgehead atoms. The molecule has 3 nitrogen and oxygen atoms in total. The van der Waals surface area contributed by atoms with Gasteiger partial charge in [-0.15, -0.1) is 0 Å². The van der Waals surface area contributed by atoms with Crippen molar-refractivity contribution in [2.75, 3.05) is 0 Å². The minimum Gasteiger partial charge on any atom is -0.380 e. The summed E-state index contributed by atoms with van der Waals surface area (Å²) in [6, 6.07) is 17.3. The van der Waals surface area contributed by atoms with Gasteiger partial charge in [0.15, 0.2) is 0 Å². The van der Waals surface area contributed by atoms with Crippen LogP contribution in [0.3, 0.4) is 0 Å². The molecule has 3 aromatic rings. The standard InChI is InChI=1S/C18H16N2O/c21-18(16-4-2-1-3-5-16,17-8-12-20-13-9-17)14-15-6-10-19-11-7-15/h1-13,21H,14H2/t18-/m1/s1. The molecule has 1 N–H and O–H groups in total. The maximum Gasteiger partial charge on any atom is 0.119 e. The summed E-state index contributed by atoms with van der Waals surface area (Å²) in [4.78, 5) is 8.07. The fourth-order valence-electron chi connectivity index (χ4n) is 2.51. The van der Waals surface area contributed by atoms with Crippen LogP contribution in [0.4, 0.5) is 0 Å². The maximum atomic E-state index is 11.4. The monoisotopic (exact) mass is 276 g/mol. The Morgan fingerprint density at radius 3 is 1.86 bits per heavy atom. The van der Waals surface area contributed by atoms with Crippen LogP contribution in [-0.4, -0.2) is 15.1 Å². The zero-order valence-corrected chi connectivity index (χ0v) is 11.6.